The molecule has 2 aliphatic heterocycles. The van der Waals surface area contributed by atoms with Crippen LogP contribution in [-0.4, -0.2) is 68.7 Å². The van der Waals surface area contributed by atoms with E-state index in [4.69, 9.17) is 14.2 Å². The van der Waals surface area contributed by atoms with Crippen LogP contribution in [0.4, 0.5) is 0 Å². The fourth-order valence-corrected chi connectivity index (χ4v) is 7.12. The molecule has 2 saturated heterocycles. The van der Waals surface area contributed by atoms with Crippen LogP contribution in [-0.2, 0) is 19.0 Å². The number of fused-ring (bicyclic) bond motifs is 2. The summed E-state index contributed by atoms with van der Waals surface area (Å²) in [6.07, 6.45) is 7.72. The molecule has 172 valence electrons. The molecule has 4 aliphatic rings. The van der Waals surface area contributed by atoms with Gasteiger partial charge in [-0.2, -0.15) is 0 Å². The maximum atomic E-state index is 12.7. The van der Waals surface area contributed by atoms with E-state index >= 15 is 0 Å². The Kier molecular flexibility index (Phi) is 7.08. The second kappa shape index (κ2) is 9.43. The van der Waals surface area contributed by atoms with Crippen LogP contribution in [0.15, 0.2) is 0 Å². The summed E-state index contributed by atoms with van der Waals surface area (Å²) in [5.41, 5.74) is 0. The van der Waals surface area contributed by atoms with Crippen LogP contribution in [0, 0.1) is 29.6 Å². The van der Waals surface area contributed by atoms with Crippen molar-refractivity contribution in [1.29, 1.82) is 0 Å². The molecule has 0 bridgehead atoms. The minimum Gasteiger partial charge on any atom is -0.466 e. The van der Waals surface area contributed by atoms with E-state index in [0.29, 0.717) is 42.4 Å². The van der Waals surface area contributed by atoms with Crippen molar-refractivity contribution in [3.05, 3.63) is 0 Å². The van der Waals surface area contributed by atoms with E-state index in [1.165, 1.54) is 19.3 Å². The Morgan fingerprint density at radius 2 is 1.93 bits per heavy atom. The Labute approximate surface area is 182 Å². The predicted molar refractivity (Wildman–Crippen MR) is 116 cm³/mol. The summed E-state index contributed by atoms with van der Waals surface area (Å²) in [6, 6.07) is 0.574. The lowest BCUT2D eigenvalue weighted by atomic mass is 9.70. The highest BCUT2D eigenvalue weighted by Crippen LogP contribution is 2.46. The monoisotopic (exact) mass is 422 g/mol. The van der Waals surface area contributed by atoms with Gasteiger partial charge in [-0.15, -0.1) is 0 Å². The Bertz CT molecular complexity index is 602. The van der Waals surface area contributed by atoms with Gasteiger partial charge in [0.2, 0.25) is 0 Å². The average molecular weight is 423 g/mol. The topological polar surface area (TPSA) is 60.0 Å². The number of carbonyl (C=O) groups is 1. The van der Waals surface area contributed by atoms with E-state index < -0.39 is 0 Å². The summed E-state index contributed by atoms with van der Waals surface area (Å²) in [5.74, 6) is 1.85. The molecule has 6 heteroatoms. The largest absolute Gasteiger partial charge is 0.466 e. The molecule has 2 saturated carbocycles. The van der Waals surface area contributed by atoms with Gasteiger partial charge in [0.1, 0.15) is 6.23 Å². The summed E-state index contributed by atoms with van der Waals surface area (Å²) in [5, 5.41) is 3.68. The fourth-order valence-electron chi connectivity index (χ4n) is 7.12. The van der Waals surface area contributed by atoms with Crippen molar-refractivity contribution >= 4 is 5.97 Å². The molecule has 0 spiro atoms. The summed E-state index contributed by atoms with van der Waals surface area (Å²) >= 11 is 0. The maximum Gasteiger partial charge on any atom is 0.310 e. The van der Waals surface area contributed by atoms with Gasteiger partial charge >= 0.3 is 5.97 Å². The molecule has 1 N–H and O–H groups in total. The Balaban J connectivity index is 1.46. The number of esters is 1. The number of hydrogen-bond donors (Lipinski definition) is 1. The predicted octanol–water partition coefficient (Wildman–Crippen LogP) is 3.05. The van der Waals surface area contributed by atoms with Crippen LogP contribution in [0.1, 0.15) is 59.3 Å². The number of likely N-dealkylation sites (tertiary alicyclic amines) is 1. The van der Waals surface area contributed by atoms with Crippen molar-refractivity contribution in [3.8, 4) is 0 Å². The molecule has 10 unspecified atom stereocenters. The maximum absolute atomic E-state index is 12.7. The quantitative estimate of drug-likeness (QED) is 0.687. The van der Waals surface area contributed by atoms with Crippen LogP contribution in [0.2, 0.25) is 0 Å². The van der Waals surface area contributed by atoms with E-state index in [2.05, 4.69) is 31.1 Å². The third-order valence-electron chi connectivity index (χ3n) is 8.70. The number of carbonyl (C=O) groups excluding carboxylic acids is 1. The van der Waals surface area contributed by atoms with Crippen LogP contribution in [0.5, 0.6) is 0 Å². The molecular weight excluding hydrogens is 380 g/mol. The lowest BCUT2D eigenvalue weighted by molar-refractivity contribution is -0.190. The standard InChI is InChI=1S/C24H42N2O4/c1-6-29-24(27)22-15(3)25-19-9-10-20(14(2)21(19)22)30-23-18-8-7-17(28-5)13-16(18)11-12-26(23)4/h14-23,25H,6-13H2,1-5H3. The normalized spacial score (nSPS) is 46.8. The summed E-state index contributed by atoms with van der Waals surface area (Å²) in [4.78, 5) is 15.2. The molecule has 0 aromatic carbocycles. The smallest absolute Gasteiger partial charge is 0.310 e. The van der Waals surface area contributed by atoms with Crippen LogP contribution < -0.4 is 5.32 Å². The highest BCUT2D eigenvalue weighted by molar-refractivity contribution is 5.74. The Morgan fingerprint density at radius 3 is 2.67 bits per heavy atom. The van der Waals surface area contributed by atoms with Gasteiger partial charge in [-0.05, 0) is 77.2 Å². The molecule has 0 aromatic heterocycles. The highest BCUT2D eigenvalue weighted by atomic mass is 16.5. The van der Waals surface area contributed by atoms with E-state index in [1.54, 1.807) is 0 Å². The first-order valence-electron chi connectivity index (χ1n) is 12.3. The number of methoxy groups -OCH3 is 1. The third-order valence-corrected chi connectivity index (χ3v) is 8.70. The number of nitrogens with one attached hydrogen (secondary N) is 1. The lowest BCUT2D eigenvalue weighted by Gasteiger charge is -2.50. The SMILES string of the molecule is CCOC(=O)C1C(C)NC2CCC(OC3C4CCC(OC)CC4CCN3C)C(C)C21. The fraction of sp³-hybridized carbons (Fsp3) is 0.958. The van der Waals surface area contributed by atoms with Gasteiger partial charge in [0.15, 0.2) is 0 Å². The Morgan fingerprint density at radius 1 is 1.13 bits per heavy atom. The summed E-state index contributed by atoms with van der Waals surface area (Å²) in [7, 11) is 4.07. The second-order valence-corrected chi connectivity index (χ2v) is 10.3. The highest BCUT2D eigenvalue weighted by Gasteiger charge is 2.53. The van der Waals surface area contributed by atoms with Crippen LogP contribution in [0.3, 0.4) is 0 Å². The zero-order chi connectivity index (χ0) is 21.4. The number of nitrogens with zero attached hydrogens (tertiary/aromatic N) is 1. The number of rotatable bonds is 5. The molecule has 0 radical (unpaired) electrons. The zero-order valence-electron chi connectivity index (χ0n) is 19.5. The number of piperidine rings is 1. The molecule has 0 aromatic rings. The van der Waals surface area contributed by atoms with Crippen molar-refractivity contribution < 1.29 is 19.0 Å². The van der Waals surface area contributed by atoms with Crippen molar-refractivity contribution in [3.63, 3.8) is 0 Å². The van der Waals surface area contributed by atoms with Crippen molar-refractivity contribution in [1.82, 2.24) is 10.2 Å². The van der Waals surface area contributed by atoms with Crippen molar-refractivity contribution in [2.24, 2.45) is 29.6 Å². The molecule has 2 heterocycles. The summed E-state index contributed by atoms with van der Waals surface area (Å²) in [6.45, 7) is 7.88. The zero-order valence-corrected chi connectivity index (χ0v) is 19.5. The van der Waals surface area contributed by atoms with E-state index in [-0.39, 0.29) is 30.3 Å². The van der Waals surface area contributed by atoms with Gasteiger partial charge in [-0.1, -0.05) is 6.92 Å². The minimum atomic E-state index is -0.0645. The molecule has 6 nitrogen and oxygen atoms in total. The van der Waals surface area contributed by atoms with E-state index in [1.807, 2.05) is 14.0 Å². The number of ether oxygens (including phenoxy) is 3. The van der Waals surface area contributed by atoms with E-state index in [0.717, 1.165) is 25.8 Å². The van der Waals surface area contributed by atoms with Gasteiger partial charge in [0.05, 0.1) is 24.7 Å². The molecule has 0 amide bonds. The minimum absolute atomic E-state index is 0.0368. The first-order valence-corrected chi connectivity index (χ1v) is 12.3. The van der Waals surface area contributed by atoms with E-state index in [9.17, 15) is 4.79 Å². The summed E-state index contributed by atoms with van der Waals surface area (Å²) < 4.78 is 18.1. The molecule has 30 heavy (non-hydrogen) atoms. The molecule has 4 fully saturated rings. The lowest BCUT2D eigenvalue weighted by Crippen LogP contribution is -2.54. The van der Waals surface area contributed by atoms with Gasteiger partial charge in [-0.25, -0.2) is 0 Å². The van der Waals surface area contributed by atoms with Crippen molar-refractivity contribution in [2.75, 3.05) is 27.3 Å². The van der Waals surface area contributed by atoms with Gasteiger partial charge in [-0.3, -0.25) is 9.69 Å². The molecular formula is C24H42N2O4. The molecule has 2 aliphatic carbocycles. The van der Waals surface area contributed by atoms with Crippen LogP contribution in [0.25, 0.3) is 0 Å². The third kappa shape index (κ3) is 4.17. The number of hydrogen-bond acceptors (Lipinski definition) is 6. The Hall–Kier alpha value is -0.690. The van der Waals surface area contributed by atoms with Gasteiger partial charge < -0.3 is 19.5 Å². The molecule has 10 atom stereocenters. The van der Waals surface area contributed by atoms with Crippen molar-refractivity contribution in [2.45, 2.75) is 89.8 Å². The first kappa shape index (κ1) is 22.5. The van der Waals surface area contributed by atoms with Gasteiger partial charge in [0, 0.05) is 31.7 Å². The first-order chi connectivity index (χ1) is 14.4. The van der Waals surface area contributed by atoms with Gasteiger partial charge in [0.25, 0.3) is 0 Å². The molecule has 4 rings (SSSR count). The average Bonchev–Trinajstić information content (AvgIpc) is 3.08. The second-order valence-electron chi connectivity index (χ2n) is 10.3. The van der Waals surface area contributed by atoms with Crippen LogP contribution >= 0.6 is 0 Å².